The maximum Gasteiger partial charge on any atom is 0.335 e. The second kappa shape index (κ2) is 9.33. The maximum atomic E-state index is 10.3. The molecule has 5 nitrogen and oxygen atoms in total. The number of phenols is 3. The lowest BCUT2D eigenvalue weighted by molar-refractivity contribution is 0.0696. The molecule has 0 unspecified atom stereocenters. The smallest absolute Gasteiger partial charge is 0.335 e. The highest BCUT2D eigenvalue weighted by molar-refractivity contribution is 5.89. The first-order valence-corrected chi connectivity index (χ1v) is 5.42. The van der Waals surface area contributed by atoms with Crippen molar-refractivity contribution in [1.29, 1.82) is 0 Å². The molecule has 0 saturated carbocycles. The van der Waals surface area contributed by atoms with Crippen molar-refractivity contribution in [3.8, 4) is 17.2 Å². The fourth-order valence-corrected chi connectivity index (χ4v) is 0.728. The van der Waals surface area contributed by atoms with Gasteiger partial charge in [-0.25, -0.2) is 4.79 Å². The fraction of sp³-hybridized carbons (Fsp3) is 0.417. The SMILES string of the molecule is CC.CCC.O=C(O)c1cc(O)c(O)c(O)c1. The van der Waals surface area contributed by atoms with E-state index in [1.54, 1.807) is 0 Å². The van der Waals surface area contributed by atoms with E-state index in [2.05, 4.69) is 13.8 Å². The van der Waals surface area contributed by atoms with Gasteiger partial charge in [0.05, 0.1) is 5.56 Å². The molecule has 0 saturated heterocycles. The quantitative estimate of drug-likeness (QED) is 0.569. The molecule has 0 radical (unpaired) electrons. The van der Waals surface area contributed by atoms with Crippen LogP contribution in [0.4, 0.5) is 0 Å². The van der Waals surface area contributed by atoms with Crippen molar-refractivity contribution < 1.29 is 25.2 Å². The average molecular weight is 244 g/mol. The van der Waals surface area contributed by atoms with Crippen molar-refractivity contribution in [1.82, 2.24) is 0 Å². The lowest BCUT2D eigenvalue weighted by atomic mass is 10.2. The van der Waals surface area contributed by atoms with Gasteiger partial charge in [-0.3, -0.25) is 0 Å². The van der Waals surface area contributed by atoms with Crippen LogP contribution in [0.3, 0.4) is 0 Å². The molecular weight excluding hydrogens is 224 g/mol. The summed E-state index contributed by atoms with van der Waals surface area (Å²) in [5.41, 5.74) is -0.289. The molecule has 0 aromatic heterocycles. The molecule has 17 heavy (non-hydrogen) atoms. The summed E-state index contributed by atoms with van der Waals surface area (Å²) in [6, 6.07) is 1.69. The summed E-state index contributed by atoms with van der Waals surface area (Å²) >= 11 is 0. The number of benzene rings is 1. The van der Waals surface area contributed by atoms with Crippen LogP contribution in [0.15, 0.2) is 12.1 Å². The molecule has 0 amide bonds. The lowest BCUT2D eigenvalue weighted by Gasteiger charge is -2.01. The molecule has 0 fully saturated rings. The van der Waals surface area contributed by atoms with Crippen LogP contribution in [0.1, 0.15) is 44.5 Å². The number of aromatic hydroxyl groups is 3. The number of carbonyl (C=O) groups is 1. The largest absolute Gasteiger partial charge is 0.504 e. The Labute approximate surface area is 101 Å². The van der Waals surface area contributed by atoms with E-state index in [0.717, 1.165) is 12.1 Å². The van der Waals surface area contributed by atoms with E-state index < -0.39 is 23.2 Å². The van der Waals surface area contributed by atoms with Gasteiger partial charge in [0.1, 0.15) is 0 Å². The van der Waals surface area contributed by atoms with E-state index in [0.29, 0.717) is 0 Å². The molecule has 1 rings (SSSR count). The molecule has 4 N–H and O–H groups in total. The minimum absolute atomic E-state index is 0.289. The van der Waals surface area contributed by atoms with Gasteiger partial charge in [-0.05, 0) is 12.1 Å². The number of aromatic carboxylic acids is 1. The van der Waals surface area contributed by atoms with Crippen LogP contribution in [-0.4, -0.2) is 26.4 Å². The summed E-state index contributed by atoms with van der Waals surface area (Å²) in [5.74, 6) is -3.33. The van der Waals surface area contributed by atoms with E-state index in [-0.39, 0.29) is 5.56 Å². The molecule has 0 atom stereocenters. The monoisotopic (exact) mass is 244 g/mol. The van der Waals surface area contributed by atoms with Crippen molar-refractivity contribution in [2.75, 3.05) is 0 Å². The number of carboxylic acids is 1. The van der Waals surface area contributed by atoms with Crippen LogP contribution in [0.5, 0.6) is 17.2 Å². The molecule has 0 aliphatic carbocycles. The van der Waals surface area contributed by atoms with Crippen LogP contribution in [-0.2, 0) is 0 Å². The minimum Gasteiger partial charge on any atom is -0.504 e. The van der Waals surface area contributed by atoms with Crippen molar-refractivity contribution in [3.63, 3.8) is 0 Å². The van der Waals surface area contributed by atoms with E-state index in [1.165, 1.54) is 6.42 Å². The summed E-state index contributed by atoms with van der Waals surface area (Å²) in [7, 11) is 0. The first-order valence-electron chi connectivity index (χ1n) is 5.42. The van der Waals surface area contributed by atoms with Crippen LogP contribution in [0.2, 0.25) is 0 Å². The summed E-state index contributed by atoms with van der Waals surface area (Å²) < 4.78 is 0. The maximum absolute atomic E-state index is 10.3. The summed E-state index contributed by atoms with van der Waals surface area (Å²) in [4.78, 5) is 10.3. The van der Waals surface area contributed by atoms with Gasteiger partial charge >= 0.3 is 5.97 Å². The molecule has 98 valence electrons. The molecule has 1 aromatic rings. The van der Waals surface area contributed by atoms with Gasteiger partial charge in [0, 0.05) is 0 Å². The van der Waals surface area contributed by atoms with Crippen molar-refractivity contribution >= 4 is 5.97 Å². The number of hydrogen-bond acceptors (Lipinski definition) is 4. The van der Waals surface area contributed by atoms with Gasteiger partial charge in [0.2, 0.25) is 0 Å². The van der Waals surface area contributed by atoms with Gasteiger partial charge in [0.15, 0.2) is 17.2 Å². The van der Waals surface area contributed by atoms with E-state index in [4.69, 9.17) is 20.4 Å². The van der Waals surface area contributed by atoms with E-state index in [9.17, 15) is 4.79 Å². The van der Waals surface area contributed by atoms with Crippen LogP contribution >= 0.6 is 0 Å². The van der Waals surface area contributed by atoms with Crippen molar-refractivity contribution in [3.05, 3.63) is 17.7 Å². The molecule has 0 spiro atoms. The normalized spacial score (nSPS) is 8.24. The Morgan fingerprint density at radius 2 is 1.35 bits per heavy atom. The summed E-state index contributed by atoms with van der Waals surface area (Å²) in [6.07, 6.45) is 1.25. The third kappa shape index (κ3) is 6.29. The molecule has 5 heteroatoms. The zero-order chi connectivity index (χ0) is 14.0. The van der Waals surface area contributed by atoms with Gasteiger partial charge in [-0.2, -0.15) is 0 Å². The molecule has 1 aromatic carbocycles. The first kappa shape index (κ1) is 17.5. The third-order valence-electron chi connectivity index (χ3n) is 1.32. The molecule has 0 aliphatic rings. The Morgan fingerprint density at radius 3 is 1.59 bits per heavy atom. The highest BCUT2D eigenvalue weighted by Crippen LogP contribution is 2.35. The van der Waals surface area contributed by atoms with Gasteiger partial charge in [0.25, 0.3) is 0 Å². The van der Waals surface area contributed by atoms with Crippen LogP contribution in [0, 0.1) is 0 Å². The van der Waals surface area contributed by atoms with Gasteiger partial charge < -0.3 is 20.4 Å². The minimum atomic E-state index is -1.29. The Morgan fingerprint density at radius 1 is 1.06 bits per heavy atom. The van der Waals surface area contributed by atoms with Gasteiger partial charge in [-0.1, -0.05) is 34.1 Å². The fourth-order valence-electron chi connectivity index (χ4n) is 0.728. The second-order valence-electron chi connectivity index (χ2n) is 2.88. The highest BCUT2D eigenvalue weighted by atomic mass is 16.4. The van der Waals surface area contributed by atoms with E-state index >= 15 is 0 Å². The highest BCUT2D eigenvalue weighted by Gasteiger charge is 2.11. The number of phenolic OH excluding ortho intramolecular Hbond substituents is 3. The third-order valence-corrected chi connectivity index (χ3v) is 1.32. The summed E-state index contributed by atoms with van der Waals surface area (Å²) in [5, 5.41) is 35.0. The Hall–Kier alpha value is -1.91. The number of hydrogen-bond donors (Lipinski definition) is 4. The molecule has 0 heterocycles. The zero-order valence-electron chi connectivity index (χ0n) is 10.6. The predicted octanol–water partition coefficient (Wildman–Crippen LogP) is 2.94. The Kier molecular flexibility index (Phi) is 9.59. The first-order chi connectivity index (χ1) is 7.93. The molecule has 0 aliphatic heterocycles. The Balaban J connectivity index is 0. The summed E-state index contributed by atoms with van der Waals surface area (Å²) in [6.45, 7) is 8.25. The van der Waals surface area contributed by atoms with E-state index in [1.807, 2.05) is 13.8 Å². The van der Waals surface area contributed by atoms with Crippen LogP contribution < -0.4 is 0 Å². The standard InChI is InChI=1S/C7H6O5.C3H8.C2H6/c8-4-1-3(7(11)12)2-5(9)6(4)10;1-3-2;1-2/h1-2,8-10H,(H,11,12);3H2,1-2H3;1-2H3. The lowest BCUT2D eigenvalue weighted by Crippen LogP contribution is -1.95. The van der Waals surface area contributed by atoms with Gasteiger partial charge in [-0.15, -0.1) is 0 Å². The number of rotatable bonds is 1. The van der Waals surface area contributed by atoms with Crippen molar-refractivity contribution in [2.24, 2.45) is 0 Å². The average Bonchev–Trinajstić information content (AvgIpc) is 2.29. The topological polar surface area (TPSA) is 98.0 Å². The number of carboxylic acid groups (broad SMARTS) is 1. The Bertz CT molecular complexity index is 324. The van der Waals surface area contributed by atoms with Crippen molar-refractivity contribution in [2.45, 2.75) is 34.1 Å². The molecular formula is C12H20O5. The zero-order valence-corrected chi connectivity index (χ0v) is 10.6. The molecule has 0 bridgehead atoms. The van der Waals surface area contributed by atoms with Crippen LogP contribution in [0.25, 0.3) is 0 Å². The second-order valence-corrected chi connectivity index (χ2v) is 2.88. The predicted molar refractivity (Wildman–Crippen MR) is 65.7 cm³/mol.